The summed E-state index contributed by atoms with van der Waals surface area (Å²) in [5.74, 6) is 0.581. The van der Waals surface area contributed by atoms with E-state index in [1.54, 1.807) is 26.0 Å². The number of fused-ring (bicyclic) bond motifs is 2. The van der Waals surface area contributed by atoms with Gasteiger partial charge in [0.25, 0.3) is 5.91 Å². The van der Waals surface area contributed by atoms with Gasteiger partial charge in [0.2, 0.25) is 0 Å². The van der Waals surface area contributed by atoms with Crippen LogP contribution in [0, 0.1) is 19.8 Å². The fourth-order valence-electron chi connectivity index (χ4n) is 4.78. The molecule has 3 atom stereocenters. The maximum atomic E-state index is 12.9. The van der Waals surface area contributed by atoms with Gasteiger partial charge in [-0.2, -0.15) is 0 Å². The van der Waals surface area contributed by atoms with E-state index in [2.05, 4.69) is 0 Å². The van der Waals surface area contributed by atoms with E-state index in [9.17, 15) is 14.7 Å². The SMILES string of the molecule is Cc1c(C)c2ccc(O[C@@H](C)C(=O)N3CC[C@@]4(O)CCCC[C@@H]4C3)cc2oc1=O. The van der Waals surface area contributed by atoms with E-state index in [0.717, 1.165) is 36.6 Å². The molecular weight excluding hydrogens is 370 g/mol. The zero-order chi connectivity index (χ0) is 20.8. The van der Waals surface area contributed by atoms with Gasteiger partial charge in [-0.1, -0.05) is 12.8 Å². The Hall–Kier alpha value is -2.34. The van der Waals surface area contributed by atoms with Crippen LogP contribution in [-0.2, 0) is 4.79 Å². The first-order valence-electron chi connectivity index (χ1n) is 10.5. The van der Waals surface area contributed by atoms with E-state index in [4.69, 9.17) is 9.15 Å². The first-order valence-corrected chi connectivity index (χ1v) is 10.5. The highest BCUT2D eigenvalue weighted by molar-refractivity contribution is 5.83. The van der Waals surface area contributed by atoms with Crippen molar-refractivity contribution in [3.63, 3.8) is 0 Å². The predicted molar refractivity (Wildman–Crippen MR) is 110 cm³/mol. The summed E-state index contributed by atoms with van der Waals surface area (Å²) in [7, 11) is 0. The molecule has 1 saturated carbocycles. The molecular formula is C23H29NO5. The van der Waals surface area contributed by atoms with E-state index in [1.807, 2.05) is 17.9 Å². The molecule has 1 N–H and O–H groups in total. The van der Waals surface area contributed by atoms with Gasteiger partial charge in [-0.3, -0.25) is 4.79 Å². The van der Waals surface area contributed by atoms with Crippen molar-refractivity contribution >= 4 is 16.9 Å². The third-order valence-corrected chi connectivity index (χ3v) is 6.83. The van der Waals surface area contributed by atoms with Gasteiger partial charge in [0.05, 0.1) is 5.60 Å². The Morgan fingerprint density at radius 2 is 2.07 bits per heavy atom. The first kappa shape index (κ1) is 20.0. The quantitative estimate of drug-likeness (QED) is 0.801. The van der Waals surface area contributed by atoms with Crippen LogP contribution in [0.25, 0.3) is 11.0 Å². The van der Waals surface area contributed by atoms with Gasteiger partial charge >= 0.3 is 5.63 Å². The summed E-state index contributed by atoms with van der Waals surface area (Å²) in [6.07, 6.45) is 3.97. The molecule has 6 nitrogen and oxygen atoms in total. The number of rotatable bonds is 3. The Balaban J connectivity index is 1.47. The van der Waals surface area contributed by atoms with Crippen LogP contribution in [0.2, 0.25) is 0 Å². The number of aliphatic hydroxyl groups is 1. The summed E-state index contributed by atoms with van der Waals surface area (Å²) in [5, 5.41) is 11.7. The van der Waals surface area contributed by atoms with Crippen LogP contribution in [0.15, 0.2) is 27.4 Å². The van der Waals surface area contributed by atoms with Crippen LogP contribution < -0.4 is 10.4 Å². The first-order chi connectivity index (χ1) is 13.8. The Morgan fingerprint density at radius 1 is 1.28 bits per heavy atom. The Kier molecular flexibility index (Phi) is 5.15. The number of piperidine rings is 1. The summed E-state index contributed by atoms with van der Waals surface area (Å²) >= 11 is 0. The molecule has 1 saturated heterocycles. The summed E-state index contributed by atoms with van der Waals surface area (Å²) in [4.78, 5) is 26.7. The molecule has 1 aliphatic heterocycles. The molecule has 1 amide bonds. The third kappa shape index (κ3) is 3.66. The normalized spacial score (nSPS) is 25.5. The van der Waals surface area contributed by atoms with Crippen molar-refractivity contribution in [2.24, 2.45) is 5.92 Å². The second kappa shape index (κ2) is 7.48. The number of nitrogens with zero attached hydrogens (tertiary/aromatic N) is 1. The molecule has 0 radical (unpaired) electrons. The molecule has 2 aliphatic rings. The molecule has 0 bridgehead atoms. The lowest BCUT2D eigenvalue weighted by atomic mass is 9.71. The molecule has 2 aromatic rings. The molecule has 0 spiro atoms. The number of carbonyl (C=O) groups excluding carboxylic acids is 1. The van der Waals surface area contributed by atoms with Crippen LogP contribution in [0.5, 0.6) is 5.75 Å². The van der Waals surface area contributed by atoms with Crippen molar-refractivity contribution in [1.29, 1.82) is 0 Å². The highest BCUT2D eigenvalue weighted by Crippen LogP contribution is 2.40. The molecule has 2 fully saturated rings. The zero-order valence-electron chi connectivity index (χ0n) is 17.4. The van der Waals surface area contributed by atoms with Gasteiger partial charge in [0.1, 0.15) is 11.3 Å². The molecule has 4 rings (SSSR count). The lowest BCUT2D eigenvalue weighted by Gasteiger charge is -2.47. The Bertz CT molecular complexity index is 997. The van der Waals surface area contributed by atoms with Crippen molar-refractivity contribution in [2.75, 3.05) is 13.1 Å². The number of aryl methyl sites for hydroxylation is 1. The molecule has 1 aliphatic carbocycles. The fraction of sp³-hybridized carbons (Fsp3) is 0.565. The van der Waals surface area contributed by atoms with E-state index in [0.29, 0.717) is 36.4 Å². The largest absolute Gasteiger partial charge is 0.481 e. The third-order valence-electron chi connectivity index (χ3n) is 6.83. The van der Waals surface area contributed by atoms with E-state index >= 15 is 0 Å². The van der Waals surface area contributed by atoms with Gasteiger partial charge < -0.3 is 19.2 Å². The minimum Gasteiger partial charge on any atom is -0.481 e. The van der Waals surface area contributed by atoms with Crippen LogP contribution >= 0.6 is 0 Å². The van der Waals surface area contributed by atoms with Crippen LogP contribution in [0.3, 0.4) is 0 Å². The second-order valence-electron chi connectivity index (χ2n) is 8.64. The van der Waals surface area contributed by atoms with Crippen LogP contribution in [0.4, 0.5) is 0 Å². The monoisotopic (exact) mass is 399 g/mol. The van der Waals surface area contributed by atoms with Crippen molar-refractivity contribution in [3.8, 4) is 5.75 Å². The molecule has 6 heteroatoms. The van der Waals surface area contributed by atoms with Gasteiger partial charge in [-0.15, -0.1) is 0 Å². The highest BCUT2D eigenvalue weighted by atomic mass is 16.5. The number of likely N-dealkylation sites (tertiary alicyclic amines) is 1. The van der Waals surface area contributed by atoms with E-state index in [1.165, 1.54) is 0 Å². The van der Waals surface area contributed by atoms with E-state index in [-0.39, 0.29) is 17.5 Å². The van der Waals surface area contributed by atoms with Crippen molar-refractivity contribution in [3.05, 3.63) is 39.7 Å². The van der Waals surface area contributed by atoms with Gasteiger partial charge in [-0.05, 0) is 57.7 Å². The predicted octanol–water partition coefficient (Wildman–Crippen LogP) is 3.33. The van der Waals surface area contributed by atoms with Crippen LogP contribution in [0.1, 0.15) is 50.2 Å². The molecule has 2 heterocycles. The number of amides is 1. The minimum absolute atomic E-state index is 0.0701. The molecule has 29 heavy (non-hydrogen) atoms. The molecule has 1 aromatic heterocycles. The molecule has 0 unspecified atom stereocenters. The number of benzene rings is 1. The van der Waals surface area contributed by atoms with Crippen molar-refractivity contribution < 1.29 is 19.1 Å². The smallest absolute Gasteiger partial charge is 0.339 e. The Morgan fingerprint density at radius 3 is 2.86 bits per heavy atom. The zero-order valence-corrected chi connectivity index (χ0v) is 17.4. The standard InChI is InChI=1S/C23H29NO5/c1-14-15(2)22(26)29-20-12-18(7-8-19(14)20)28-16(3)21(25)24-11-10-23(27)9-5-4-6-17(23)13-24/h7-8,12,16-17,27H,4-6,9-11,13H2,1-3H3/t16-,17+,23-/m0/s1. The van der Waals surface area contributed by atoms with Crippen LogP contribution in [-0.4, -0.2) is 40.7 Å². The number of carbonyl (C=O) groups is 1. The number of hydrogen-bond acceptors (Lipinski definition) is 5. The molecule has 1 aromatic carbocycles. The van der Waals surface area contributed by atoms with Gasteiger partial charge in [0, 0.05) is 36.0 Å². The topological polar surface area (TPSA) is 80.0 Å². The summed E-state index contributed by atoms with van der Waals surface area (Å²) in [6, 6.07) is 5.33. The van der Waals surface area contributed by atoms with E-state index < -0.39 is 11.7 Å². The average Bonchev–Trinajstić information content (AvgIpc) is 2.70. The maximum Gasteiger partial charge on any atom is 0.339 e. The number of ether oxygens (including phenoxy) is 1. The maximum absolute atomic E-state index is 12.9. The molecule has 156 valence electrons. The lowest BCUT2D eigenvalue weighted by molar-refractivity contribution is -0.149. The number of hydrogen-bond donors (Lipinski definition) is 1. The Labute approximate surface area is 170 Å². The van der Waals surface area contributed by atoms with Gasteiger partial charge in [-0.25, -0.2) is 4.79 Å². The summed E-state index contributed by atoms with van der Waals surface area (Å²) < 4.78 is 11.3. The minimum atomic E-state index is -0.652. The van der Waals surface area contributed by atoms with Gasteiger partial charge in [0.15, 0.2) is 6.10 Å². The summed E-state index contributed by atoms with van der Waals surface area (Å²) in [6.45, 7) is 6.53. The summed E-state index contributed by atoms with van der Waals surface area (Å²) in [5.41, 5.74) is 0.984. The fourth-order valence-corrected chi connectivity index (χ4v) is 4.78. The highest BCUT2D eigenvalue weighted by Gasteiger charge is 2.44. The van der Waals surface area contributed by atoms with Crippen molar-refractivity contribution in [2.45, 2.75) is 64.6 Å². The average molecular weight is 399 g/mol. The second-order valence-corrected chi connectivity index (χ2v) is 8.64. The lowest BCUT2D eigenvalue weighted by Crippen LogP contribution is -2.56. The van der Waals surface area contributed by atoms with Crippen molar-refractivity contribution in [1.82, 2.24) is 4.90 Å².